The van der Waals surface area contributed by atoms with E-state index in [1.54, 1.807) is 7.05 Å². The summed E-state index contributed by atoms with van der Waals surface area (Å²) in [6.45, 7) is 7.72. The Morgan fingerprint density at radius 3 is 2.14 bits per heavy atom. The Kier molecular flexibility index (Phi) is 14.0. The van der Waals surface area contributed by atoms with Gasteiger partial charge in [0.05, 0.1) is 30.6 Å². The van der Waals surface area contributed by atoms with Crippen LogP contribution in [0.4, 0.5) is 9.59 Å². The van der Waals surface area contributed by atoms with Crippen molar-refractivity contribution in [3.8, 4) is 0 Å². The molecule has 4 rings (SSSR count). The molecule has 0 aliphatic heterocycles. The van der Waals surface area contributed by atoms with E-state index in [1.165, 1.54) is 23.8 Å². The lowest BCUT2D eigenvalue weighted by molar-refractivity contribution is -0.124. The number of urea groups is 1. The predicted octanol–water partition coefficient (Wildman–Crippen LogP) is 4.97. The maximum atomic E-state index is 13.8. The van der Waals surface area contributed by atoms with Crippen LogP contribution in [0, 0.1) is 5.92 Å². The predicted molar refractivity (Wildman–Crippen MR) is 186 cm³/mol. The van der Waals surface area contributed by atoms with E-state index >= 15 is 0 Å². The van der Waals surface area contributed by atoms with E-state index in [9.17, 15) is 19.5 Å². The summed E-state index contributed by atoms with van der Waals surface area (Å²) in [7, 11) is 1.62. The van der Waals surface area contributed by atoms with Crippen molar-refractivity contribution in [1.82, 2.24) is 30.8 Å². The third-order valence-electron chi connectivity index (χ3n) is 8.13. The fraction of sp³-hybridized carbons (Fsp3) is 0.432. The molecule has 0 aliphatic rings. The summed E-state index contributed by atoms with van der Waals surface area (Å²) in [5.41, 5.74) is 2.45. The SMILES string of the molecule is CC(C)c1nc(CN(C)C(=O)N[C@H](C(=O)N[C@@H](Cc2ccccc2)C[C@H](O)[C@H](Cc2ccccc2)NC(=O)OCc2cnco2)C(C)C)co1. The zero-order chi connectivity index (χ0) is 36.0. The maximum absolute atomic E-state index is 13.8. The number of carbonyl (C=O) groups is 3. The number of aliphatic hydroxyl groups excluding tert-OH is 1. The second-order valence-electron chi connectivity index (χ2n) is 13.0. The highest BCUT2D eigenvalue weighted by atomic mass is 16.6. The molecule has 0 saturated heterocycles. The number of alkyl carbamates (subject to hydrolysis) is 1. The number of oxazole rings is 2. The number of nitrogens with zero attached hydrogens (tertiary/aromatic N) is 3. The fourth-order valence-electron chi connectivity index (χ4n) is 5.39. The number of rotatable bonds is 17. The maximum Gasteiger partial charge on any atom is 0.407 e. The summed E-state index contributed by atoms with van der Waals surface area (Å²) in [5, 5.41) is 20.4. The zero-order valence-electron chi connectivity index (χ0n) is 29.2. The van der Waals surface area contributed by atoms with Crippen LogP contribution in [-0.4, -0.2) is 69.3 Å². The molecule has 4 atom stereocenters. The molecule has 0 bridgehead atoms. The molecule has 0 aliphatic carbocycles. The van der Waals surface area contributed by atoms with Crippen LogP contribution in [0.3, 0.4) is 0 Å². The van der Waals surface area contributed by atoms with E-state index in [0.29, 0.717) is 30.2 Å². The number of aliphatic hydroxyl groups is 1. The first-order chi connectivity index (χ1) is 24.0. The topological polar surface area (TPSA) is 172 Å². The van der Waals surface area contributed by atoms with Crippen molar-refractivity contribution in [2.45, 2.75) is 90.3 Å². The van der Waals surface area contributed by atoms with Crippen LogP contribution in [0.5, 0.6) is 0 Å². The van der Waals surface area contributed by atoms with E-state index in [1.807, 2.05) is 88.4 Å². The highest BCUT2D eigenvalue weighted by molar-refractivity contribution is 5.87. The van der Waals surface area contributed by atoms with E-state index in [2.05, 4.69) is 25.9 Å². The van der Waals surface area contributed by atoms with Gasteiger partial charge in [0.2, 0.25) is 5.91 Å². The van der Waals surface area contributed by atoms with Gasteiger partial charge in [-0.05, 0) is 36.3 Å². The van der Waals surface area contributed by atoms with E-state index < -0.39 is 42.3 Å². The van der Waals surface area contributed by atoms with Gasteiger partial charge in [-0.3, -0.25) is 4.79 Å². The lowest BCUT2D eigenvalue weighted by Crippen LogP contribution is -2.55. The molecule has 0 spiro atoms. The molecule has 4 amide bonds. The van der Waals surface area contributed by atoms with Crippen LogP contribution in [0.1, 0.15) is 68.5 Å². The van der Waals surface area contributed by atoms with E-state index in [4.69, 9.17) is 13.6 Å². The number of hydrogen-bond acceptors (Lipinski definition) is 9. The Morgan fingerprint density at radius 2 is 1.56 bits per heavy atom. The number of hydrogen-bond donors (Lipinski definition) is 4. The summed E-state index contributed by atoms with van der Waals surface area (Å²) in [5.74, 6) is 0.438. The lowest BCUT2D eigenvalue weighted by Gasteiger charge is -2.30. The van der Waals surface area contributed by atoms with Gasteiger partial charge in [0.15, 0.2) is 24.7 Å². The molecule has 13 heteroatoms. The monoisotopic (exact) mass is 688 g/mol. The third kappa shape index (κ3) is 11.8. The Bertz CT molecular complexity index is 1610. The second kappa shape index (κ2) is 18.6. The van der Waals surface area contributed by atoms with Gasteiger partial charge >= 0.3 is 12.1 Å². The lowest BCUT2D eigenvalue weighted by atomic mass is 9.93. The second-order valence-corrected chi connectivity index (χ2v) is 13.0. The Hall–Kier alpha value is -5.17. The van der Waals surface area contributed by atoms with Gasteiger partial charge in [-0.1, -0.05) is 88.4 Å². The standard InChI is InChI=1S/C37H48N6O7/c1-24(2)33(42-36(46)43(5)20-29-21-48-35(40-29)25(3)4)34(45)39-28(16-26-12-8-6-9-13-26)18-32(44)31(17-27-14-10-7-11-15-27)41-37(47)49-22-30-19-38-23-50-30/h6-15,19,21,23-25,28,31-33,44H,16-18,20,22H2,1-5H3,(H,39,45)(H,41,47)(H,42,46)/t28-,31-,32-,33-/m0/s1. The number of carbonyl (C=O) groups excluding carboxylic acids is 3. The first-order valence-corrected chi connectivity index (χ1v) is 16.8. The number of ether oxygens (including phenoxy) is 1. The minimum absolute atomic E-state index is 0.101. The molecule has 13 nitrogen and oxygen atoms in total. The van der Waals surface area contributed by atoms with Crippen LogP contribution >= 0.6 is 0 Å². The average Bonchev–Trinajstić information content (AvgIpc) is 3.79. The smallest absolute Gasteiger partial charge is 0.407 e. The van der Waals surface area contributed by atoms with Crippen LogP contribution in [0.25, 0.3) is 0 Å². The molecule has 2 heterocycles. The molecule has 0 unspecified atom stereocenters. The van der Waals surface area contributed by atoms with Crippen molar-refractivity contribution in [2.75, 3.05) is 7.05 Å². The van der Waals surface area contributed by atoms with Crippen molar-refractivity contribution in [1.29, 1.82) is 0 Å². The van der Waals surface area contributed by atoms with Crippen LogP contribution < -0.4 is 16.0 Å². The quantitative estimate of drug-likeness (QED) is 0.120. The van der Waals surface area contributed by atoms with Gasteiger partial charge in [-0.25, -0.2) is 19.6 Å². The molecule has 0 fully saturated rings. The molecule has 4 aromatic rings. The molecule has 2 aromatic heterocycles. The molecular weight excluding hydrogens is 640 g/mol. The van der Waals surface area contributed by atoms with Crippen molar-refractivity contribution in [3.05, 3.63) is 108 Å². The average molecular weight is 689 g/mol. The molecule has 0 radical (unpaired) electrons. The normalized spacial score (nSPS) is 13.7. The largest absolute Gasteiger partial charge is 0.448 e. The highest BCUT2D eigenvalue weighted by Crippen LogP contribution is 2.17. The first kappa shape index (κ1) is 37.6. The Labute approximate surface area is 292 Å². The van der Waals surface area contributed by atoms with Gasteiger partial charge in [-0.15, -0.1) is 0 Å². The molecule has 4 N–H and O–H groups in total. The van der Waals surface area contributed by atoms with Gasteiger partial charge < -0.3 is 39.5 Å². The fourth-order valence-corrected chi connectivity index (χ4v) is 5.39. The molecule has 268 valence electrons. The highest BCUT2D eigenvalue weighted by Gasteiger charge is 2.31. The molecular formula is C37H48N6O7. The molecule has 0 saturated carbocycles. The summed E-state index contributed by atoms with van der Waals surface area (Å²) >= 11 is 0. The molecule has 2 aromatic carbocycles. The molecule has 50 heavy (non-hydrogen) atoms. The van der Waals surface area contributed by atoms with Crippen molar-refractivity contribution < 1.29 is 33.1 Å². The Morgan fingerprint density at radius 1 is 0.900 bits per heavy atom. The number of benzene rings is 2. The van der Waals surface area contributed by atoms with Gasteiger partial charge in [-0.2, -0.15) is 0 Å². The first-order valence-electron chi connectivity index (χ1n) is 16.8. The van der Waals surface area contributed by atoms with Crippen LogP contribution in [0.2, 0.25) is 0 Å². The van der Waals surface area contributed by atoms with Crippen molar-refractivity contribution in [2.24, 2.45) is 5.92 Å². The van der Waals surface area contributed by atoms with Gasteiger partial charge in [0.25, 0.3) is 0 Å². The van der Waals surface area contributed by atoms with Crippen LogP contribution in [-0.2, 0) is 35.5 Å². The zero-order valence-corrected chi connectivity index (χ0v) is 29.2. The third-order valence-corrected chi connectivity index (χ3v) is 8.13. The summed E-state index contributed by atoms with van der Waals surface area (Å²) < 4.78 is 16.0. The number of amides is 4. The Balaban J connectivity index is 1.46. The van der Waals surface area contributed by atoms with Gasteiger partial charge in [0.1, 0.15) is 12.3 Å². The minimum Gasteiger partial charge on any atom is -0.448 e. The number of nitrogens with one attached hydrogen (secondary N) is 3. The summed E-state index contributed by atoms with van der Waals surface area (Å²) in [6.07, 6.45) is 3.22. The van der Waals surface area contributed by atoms with Crippen LogP contribution in [0.15, 0.2) is 88.4 Å². The van der Waals surface area contributed by atoms with Crippen molar-refractivity contribution >= 4 is 18.0 Å². The summed E-state index contributed by atoms with van der Waals surface area (Å²) in [6, 6.07) is 16.4. The van der Waals surface area contributed by atoms with E-state index in [-0.39, 0.29) is 31.4 Å². The summed E-state index contributed by atoms with van der Waals surface area (Å²) in [4.78, 5) is 49.6. The van der Waals surface area contributed by atoms with Crippen molar-refractivity contribution in [3.63, 3.8) is 0 Å². The number of aromatic nitrogens is 2. The van der Waals surface area contributed by atoms with E-state index in [0.717, 1.165) is 11.1 Å². The minimum atomic E-state index is -1.08. The van der Waals surface area contributed by atoms with Gasteiger partial charge in [0, 0.05) is 19.0 Å².